The Balaban J connectivity index is 2.72. The summed E-state index contributed by atoms with van der Waals surface area (Å²) in [5.41, 5.74) is 3.88. The number of nitro groups is 1. The molecule has 1 atom stereocenters. The molecule has 1 unspecified atom stereocenters. The van der Waals surface area contributed by atoms with Gasteiger partial charge in [0.25, 0.3) is 5.69 Å². The summed E-state index contributed by atoms with van der Waals surface area (Å²) in [6, 6.07) is 6.07. The van der Waals surface area contributed by atoms with E-state index in [0.717, 1.165) is 0 Å². The van der Waals surface area contributed by atoms with Crippen LogP contribution in [0.5, 0.6) is 5.75 Å². The van der Waals surface area contributed by atoms with Crippen LogP contribution in [0.1, 0.15) is 6.92 Å². The van der Waals surface area contributed by atoms with Crippen molar-refractivity contribution in [2.24, 2.45) is 0 Å². The third-order valence-corrected chi connectivity index (χ3v) is 4.76. The second-order valence-electron chi connectivity index (χ2n) is 3.62. The van der Waals surface area contributed by atoms with Crippen LogP contribution in [0.3, 0.4) is 0 Å². The van der Waals surface area contributed by atoms with E-state index in [9.17, 15) is 10.1 Å². The molecular formula is C12H15NO3Si. The highest BCUT2D eigenvalue weighted by atomic mass is 28.3. The Hall–Kier alpha value is -1.88. The van der Waals surface area contributed by atoms with E-state index in [2.05, 4.69) is 13.2 Å². The Morgan fingerprint density at radius 1 is 1.35 bits per heavy atom. The van der Waals surface area contributed by atoms with Crippen molar-refractivity contribution in [3.63, 3.8) is 0 Å². The molecule has 90 valence electrons. The Kier molecular flexibility index (Phi) is 4.65. The lowest BCUT2D eigenvalue weighted by Gasteiger charge is -2.18. The zero-order valence-corrected chi connectivity index (χ0v) is 10.9. The first-order valence-corrected chi connectivity index (χ1v) is 7.24. The summed E-state index contributed by atoms with van der Waals surface area (Å²) < 4.78 is 5.69. The van der Waals surface area contributed by atoms with E-state index in [1.165, 1.54) is 12.1 Å². The average molecular weight is 249 g/mol. The van der Waals surface area contributed by atoms with E-state index in [1.54, 1.807) is 12.1 Å². The molecule has 0 aliphatic heterocycles. The smallest absolute Gasteiger partial charge is 0.269 e. The predicted octanol–water partition coefficient (Wildman–Crippen LogP) is 2.58. The third kappa shape index (κ3) is 3.56. The molecule has 5 heteroatoms. The third-order valence-electron chi connectivity index (χ3n) is 2.46. The van der Waals surface area contributed by atoms with E-state index in [0.29, 0.717) is 5.75 Å². The fourth-order valence-corrected chi connectivity index (χ4v) is 2.69. The Morgan fingerprint density at radius 3 is 2.29 bits per heavy atom. The van der Waals surface area contributed by atoms with Gasteiger partial charge in [-0.15, -0.1) is 13.2 Å². The van der Waals surface area contributed by atoms with E-state index < -0.39 is 13.7 Å². The molecule has 0 spiro atoms. The van der Waals surface area contributed by atoms with E-state index >= 15 is 0 Å². The van der Waals surface area contributed by atoms with E-state index in [-0.39, 0.29) is 11.4 Å². The first-order valence-electron chi connectivity index (χ1n) is 5.24. The molecule has 1 rings (SSSR count). The van der Waals surface area contributed by atoms with Gasteiger partial charge in [-0.05, 0) is 19.1 Å². The molecule has 0 bridgehead atoms. The van der Waals surface area contributed by atoms with Gasteiger partial charge in [0.1, 0.15) is 14.5 Å². The molecule has 0 radical (unpaired) electrons. The first-order chi connectivity index (χ1) is 8.08. The molecule has 0 saturated carbocycles. The molecule has 0 N–H and O–H groups in total. The molecule has 1 aromatic rings. The van der Waals surface area contributed by atoms with Gasteiger partial charge in [-0.3, -0.25) is 10.1 Å². The number of benzene rings is 1. The van der Waals surface area contributed by atoms with Crippen LogP contribution in [-0.4, -0.2) is 19.4 Å². The molecular weight excluding hydrogens is 234 g/mol. The van der Waals surface area contributed by atoms with Crippen LogP contribution < -0.4 is 4.74 Å². The van der Waals surface area contributed by atoms with Crippen molar-refractivity contribution in [2.45, 2.75) is 12.7 Å². The molecule has 0 aromatic heterocycles. The van der Waals surface area contributed by atoms with Crippen molar-refractivity contribution < 1.29 is 9.66 Å². The highest BCUT2D eigenvalue weighted by Crippen LogP contribution is 2.19. The zero-order valence-electron chi connectivity index (χ0n) is 9.70. The maximum Gasteiger partial charge on any atom is 0.269 e. The van der Waals surface area contributed by atoms with Crippen molar-refractivity contribution in [1.82, 2.24) is 0 Å². The highest BCUT2D eigenvalue weighted by Gasteiger charge is 2.14. The normalized spacial score (nSPS) is 11.9. The summed E-state index contributed by atoms with van der Waals surface area (Å²) in [4.78, 5) is 10.0. The highest BCUT2D eigenvalue weighted by molar-refractivity contribution is 6.70. The second-order valence-corrected chi connectivity index (χ2v) is 6.66. The van der Waals surface area contributed by atoms with Crippen LogP contribution in [0.4, 0.5) is 5.69 Å². The number of hydrogen-bond donors (Lipinski definition) is 0. The maximum atomic E-state index is 10.5. The first kappa shape index (κ1) is 13.2. The number of ether oxygens (including phenoxy) is 1. The molecule has 17 heavy (non-hydrogen) atoms. The van der Waals surface area contributed by atoms with Crippen molar-refractivity contribution in [3.8, 4) is 5.75 Å². The summed E-state index contributed by atoms with van der Waals surface area (Å²) in [7, 11) is -1.32. The number of nitro benzene ring substituents is 1. The molecule has 1 aromatic carbocycles. The molecule has 0 fully saturated rings. The van der Waals surface area contributed by atoms with Crippen LogP contribution in [0.25, 0.3) is 0 Å². The van der Waals surface area contributed by atoms with Gasteiger partial charge < -0.3 is 4.74 Å². The van der Waals surface area contributed by atoms with Crippen LogP contribution in [0, 0.1) is 10.1 Å². The van der Waals surface area contributed by atoms with Crippen molar-refractivity contribution in [1.29, 1.82) is 0 Å². The topological polar surface area (TPSA) is 52.4 Å². The fourth-order valence-electron chi connectivity index (χ4n) is 1.42. The monoisotopic (exact) mass is 249 g/mol. The van der Waals surface area contributed by atoms with Gasteiger partial charge in [0.15, 0.2) is 0 Å². The quantitative estimate of drug-likeness (QED) is 0.442. The molecule has 0 saturated heterocycles. The fraction of sp³-hybridized carbons (Fsp3) is 0.167. The van der Waals surface area contributed by atoms with Gasteiger partial charge in [0.2, 0.25) is 0 Å². The number of non-ortho nitro benzene ring substituents is 1. The lowest BCUT2D eigenvalue weighted by molar-refractivity contribution is -0.384. The van der Waals surface area contributed by atoms with Gasteiger partial charge in [0, 0.05) is 12.1 Å². The number of nitrogens with zero attached hydrogens (tertiary/aromatic N) is 1. The summed E-state index contributed by atoms with van der Waals surface area (Å²) in [6.07, 6.45) is 0. The lowest BCUT2D eigenvalue weighted by atomic mass is 10.3. The SMILES string of the molecule is C=C[SiH](C=C)C(C)Oc1ccc([N+](=O)[O-])cc1. The van der Waals surface area contributed by atoms with Crippen LogP contribution in [0.15, 0.2) is 48.8 Å². The number of hydrogen-bond acceptors (Lipinski definition) is 3. The molecule has 0 aliphatic carbocycles. The number of rotatable bonds is 6. The standard InChI is InChI=1S/C12H15NO3Si/c1-4-17(5-2)10(3)16-12-8-6-11(7-9-12)13(14)15/h4-10,17H,1-2H2,3H3. The van der Waals surface area contributed by atoms with Crippen LogP contribution in [0.2, 0.25) is 0 Å². The van der Waals surface area contributed by atoms with E-state index in [4.69, 9.17) is 4.74 Å². The molecule has 0 heterocycles. The van der Waals surface area contributed by atoms with Gasteiger partial charge in [0.05, 0.1) is 10.7 Å². The summed E-state index contributed by atoms with van der Waals surface area (Å²) in [5, 5.41) is 10.5. The predicted molar refractivity (Wildman–Crippen MR) is 70.7 cm³/mol. The Morgan fingerprint density at radius 2 is 1.88 bits per heavy atom. The van der Waals surface area contributed by atoms with Crippen LogP contribution >= 0.6 is 0 Å². The van der Waals surface area contributed by atoms with Gasteiger partial charge in [-0.25, -0.2) is 0 Å². The molecule has 4 nitrogen and oxygen atoms in total. The average Bonchev–Trinajstić information content (AvgIpc) is 2.31. The van der Waals surface area contributed by atoms with Gasteiger partial charge in [-0.2, -0.15) is 0 Å². The van der Waals surface area contributed by atoms with Crippen molar-refractivity contribution in [3.05, 3.63) is 58.9 Å². The minimum atomic E-state index is -1.32. The minimum Gasteiger partial charge on any atom is -0.494 e. The zero-order chi connectivity index (χ0) is 12.8. The summed E-state index contributed by atoms with van der Waals surface area (Å²) in [6.45, 7) is 9.47. The lowest BCUT2D eigenvalue weighted by Crippen LogP contribution is -2.29. The molecule has 0 amide bonds. The van der Waals surface area contributed by atoms with Gasteiger partial charge in [-0.1, -0.05) is 11.4 Å². The molecule has 0 aliphatic rings. The Bertz CT molecular complexity index is 408. The van der Waals surface area contributed by atoms with Gasteiger partial charge >= 0.3 is 0 Å². The Labute approximate surface area is 102 Å². The minimum absolute atomic E-state index is 0.0338. The summed E-state index contributed by atoms with van der Waals surface area (Å²) >= 11 is 0. The van der Waals surface area contributed by atoms with Crippen LogP contribution in [-0.2, 0) is 0 Å². The summed E-state index contributed by atoms with van der Waals surface area (Å²) in [5.74, 6) is 0.629. The second kappa shape index (κ2) is 6.00. The van der Waals surface area contributed by atoms with Crippen molar-refractivity contribution >= 4 is 14.5 Å². The van der Waals surface area contributed by atoms with E-state index in [1.807, 2.05) is 18.3 Å². The van der Waals surface area contributed by atoms with Crippen molar-refractivity contribution in [2.75, 3.05) is 0 Å². The maximum absolute atomic E-state index is 10.5. The largest absolute Gasteiger partial charge is 0.494 e.